The molecule has 0 spiro atoms. The molecule has 0 saturated carbocycles. The van der Waals surface area contributed by atoms with Crippen LogP contribution in [0.25, 0.3) is 0 Å². The molecule has 1 aromatic rings. The van der Waals surface area contributed by atoms with Crippen LogP contribution in [0.15, 0.2) is 18.2 Å². The molecule has 2 heterocycles. The molecule has 3 heteroatoms. The third-order valence-corrected chi connectivity index (χ3v) is 4.16. The summed E-state index contributed by atoms with van der Waals surface area (Å²) in [6, 6.07) is 7.67. The van der Waals surface area contributed by atoms with Gasteiger partial charge in [-0.1, -0.05) is 6.07 Å². The van der Waals surface area contributed by atoms with E-state index in [9.17, 15) is 0 Å². The van der Waals surface area contributed by atoms with Crippen LogP contribution in [0.3, 0.4) is 0 Å². The first-order valence-electron chi connectivity index (χ1n) is 7.00. The Balaban J connectivity index is 1.64. The SMILES string of the molecule is Cc1cc(C)cc(N2CCN(C3CNC3)CC2)c1. The third kappa shape index (κ3) is 2.38. The van der Waals surface area contributed by atoms with Crippen LogP contribution >= 0.6 is 0 Å². The molecule has 0 amide bonds. The van der Waals surface area contributed by atoms with Crippen LogP contribution in [0.2, 0.25) is 0 Å². The molecule has 0 atom stereocenters. The van der Waals surface area contributed by atoms with E-state index >= 15 is 0 Å². The molecule has 2 saturated heterocycles. The van der Waals surface area contributed by atoms with Gasteiger partial charge >= 0.3 is 0 Å². The van der Waals surface area contributed by atoms with E-state index in [0.29, 0.717) is 0 Å². The van der Waals surface area contributed by atoms with Gasteiger partial charge in [0.15, 0.2) is 0 Å². The number of anilines is 1. The first-order chi connectivity index (χ1) is 8.72. The lowest BCUT2D eigenvalue weighted by Gasteiger charge is -2.44. The summed E-state index contributed by atoms with van der Waals surface area (Å²) in [6.07, 6.45) is 0. The number of aryl methyl sites for hydroxylation is 2. The first kappa shape index (κ1) is 12.0. The van der Waals surface area contributed by atoms with Gasteiger partial charge in [0.05, 0.1) is 0 Å². The van der Waals surface area contributed by atoms with Crippen molar-refractivity contribution in [3.63, 3.8) is 0 Å². The number of benzene rings is 1. The van der Waals surface area contributed by atoms with Crippen molar-refractivity contribution in [1.82, 2.24) is 10.2 Å². The van der Waals surface area contributed by atoms with Crippen molar-refractivity contribution in [2.75, 3.05) is 44.2 Å². The van der Waals surface area contributed by atoms with Gasteiger partial charge in [0.2, 0.25) is 0 Å². The van der Waals surface area contributed by atoms with Gasteiger partial charge in [-0.15, -0.1) is 0 Å². The Morgan fingerprint density at radius 2 is 1.56 bits per heavy atom. The fourth-order valence-corrected chi connectivity index (χ4v) is 3.01. The normalized spacial score (nSPS) is 22.0. The molecular weight excluding hydrogens is 222 g/mol. The minimum absolute atomic E-state index is 0.798. The summed E-state index contributed by atoms with van der Waals surface area (Å²) in [4.78, 5) is 5.16. The van der Waals surface area contributed by atoms with Crippen LogP contribution in [0, 0.1) is 13.8 Å². The minimum atomic E-state index is 0.798. The predicted molar refractivity (Wildman–Crippen MR) is 76.4 cm³/mol. The molecule has 3 nitrogen and oxygen atoms in total. The van der Waals surface area contributed by atoms with Crippen molar-refractivity contribution in [3.05, 3.63) is 29.3 Å². The van der Waals surface area contributed by atoms with Crippen molar-refractivity contribution in [2.45, 2.75) is 19.9 Å². The maximum atomic E-state index is 3.36. The van der Waals surface area contributed by atoms with Gasteiger partial charge < -0.3 is 10.2 Å². The van der Waals surface area contributed by atoms with Crippen LogP contribution in [0.4, 0.5) is 5.69 Å². The van der Waals surface area contributed by atoms with E-state index in [2.05, 4.69) is 47.2 Å². The fraction of sp³-hybridized carbons (Fsp3) is 0.600. The van der Waals surface area contributed by atoms with Crippen LogP contribution in [-0.4, -0.2) is 50.2 Å². The standard InChI is InChI=1S/C15H23N3/c1-12-7-13(2)9-14(8-12)17-3-5-18(6-4-17)15-10-16-11-15/h7-9,15-16H,3-6,10-11H2,1-2H3. The second-order valence-corrected chi connectivity index (χ2v) is 5.68. The van der Waals surface area contributed by atoms with E-state index in [1.165, 1.54) is 56.1 Å². The molecule has 0 unspecified atom stereocenters. The molecule has 1 N–H and O–H groups in total. The van der Waals surface area contributed by atoms with Gasteiger partial charge in [0.25, 0.3) is 0 Å². The minimum Gasteiger partial charge on any atom is -0.369 e. The summed E-state index contributed by atoms with van der Waals surface area (Å²) >= 11 is 0. The highest BCUT2D eigenvalue weighted by Crippen LogP contribution is 2.21. The van der Waals surface area contributed by atoms with Crippen molar-refractivity contribution >= 4 is 5.69 Å². The Morgan fingerprint density at radius 3 is 2.06 bits per heavy atom. The van der Waals surface area contributed by atoms with Gasteiger partial charge in [0, 0.05) is 51.0 Å². The molecule has 2 aliphatic rings. The molecule has 18 heavy (non-hydrogen) atoms. The quantitative estimate of drug-likeness (QED) is 0.849. The predicted octanol–water partition coefficient (Wildman–Crippen LogP) is 1.40. The van der Waals surface area contributed by atoms with Gasteiger partial charge in [-0.05, 0) is 37.1 Å². The van der Waals surface area contributed by atoms with Gasteiger partial charge in [-0.25, -0.2) is 0 Å². The Hall–Kier alpha value is -1.06. The smallest absolute Gasteiger partial charge is 0.0372 e. The zero-order valence-corrected chi connectivity index (χ0v) is 11.4. The van der Waals surface area contributed by atoms with Crippen LogP contribution in [0.5, 0.6) is 0 Å². The summed E-state index contributed by atoms with van der Waals surface area (Å²) in [5.41, 5.74) is 4.14. The molecule has 1 aromatic carbocycles. The van der Waals surface area contributed by atoms with Crippen molar-refractivity contribution in [2.24, 2.45) is 0 Å². The zero-order chi connectivity index (χ0) is 12.5. The maximum absolute atomic E-state index is 3.36. The summed E-state index contributed by atoms with van der Waals surface area (Å²) in [6.45, 7) is 11.5. The van der Waals surface area contributed by atoms with Crippen LogP contribution in [0.1, 0.15) is 11.1 Å². The van der Waals surface area contributed by atoms with Crippen molar-refractivity contribution in [3.8, 4) is 0 Å². The van der Waals surface area contributed by atoms with Crippen molar-refractivity contribution < 1.29 is 0 Å². The lowest BCUT2D eigenvalue weighted by atomic mass is 10.1. The van der Waals surface area contributed by atoms with E-state index in [0.717, 1.165) is 6.04 Å². The largest absolute Gasteiger partial charge is 0.369 e. The Morgan fingerprint density at radius 1 is 0.944 bits per heavy atom. The number of rotatable bonds is 2. The molecule has 0 radical (unpaired) electrons. The van der Waals surface area contributed by atoms with E-state index < -0.39 is 0 Å². The number of hydrogen-bond donors (Lipinski definition) is 1. The van der Waals surface area contributed by atoms with Gasteiger partial charge in [-0.2, -0.15) is 0 Å². The van der Waals surface area contributed by atoms with E-state index in [1.807, 2.05) is 0 Å². The topological polar surface area (TPSA) is 18.5 Å². The summed E-state index contributed by atoms with van der Waals surface area (Å²) in [7, 11) is 0. The molecule has 0 aromatic heterocycles. The third-order valence-electron chi connectivity index (χ3n) is 4.16. The highest BCUT2D eigenvalue weighted by atomic mass is 15.3. The number of piperazine rings is 1. The molecule has 2 aliphatic heterocycles. The average molecular weight is 245 g/mol. The number of hydrogen-bond acceptors (Lipinski definition) is 3. The Kier molecular flexibility index (Phi) is 3.27. The molecule has 3 rings (SSSR count). The molecule has 2 fully saturated rings. The van der Waals surface area contributed by atoms with E-state index in [4.69, 9.17) is 0 Å². The number of nitrogens with zero attached hydrogens (tertiary/aromatic N) is 2. The fourth-order valence-electron chi connectivity index (χ4n) is 3.01. The second-order valence-electron chi connectivity index (χ2n) is 5.68. The molecule has 0 aliphatic carbocycles. The molecule has 98 valence electrons. The van der Waals surface area contributed by atoms with Gasteiger partial charge in [0.1, 0.15) is 0 Å². The molecule has 0 bridgehead atoms. The summed E-state index contributed by atoms with van der Waals surface area (Å²) in [5.74, 6) is 0. The Labute approximate surface area is 110 Å². The first-order valence-corrected chi connectivity index (χ1v) is 7.00. The zero-order valence-electron chi connectivity index (χ0n) is 11.4. The Bertz CT molecular complexity index is 397. The number of nitrogens with one attached hydrogen (secondary N) is 1. The summed E-state index contributed by atoms with van der Waals surface area (Å²) in [5, 5.41) is 3.36. The summed E-state index contributed by atoms with van der Waals surface area (Å²) < 4.78 is 0. The highest BCUT2D eigenvalue weighted by Gasteiger charge is 2.27. The molecular formula is C15H23N3. The lowest BCUT2D eigenvalue weighted by Crippen LogP contribution is -2.61. The monoisotopic (exact) mass is 245 g/mol. The second kappa shape index (κ2) is 4.90. The average Bonchev–Trinajstić information content (AvgIpc) is 2.26. The lowest BCUT2D eigenvalue weighted by molar-refractivity contribution is 0.138. The van der Waals surface area contributed by atoms with Crippen molar-refractivity contribution in [1.29, 1.82) is 0 Å². The van der Waals surface area contributed by atoms with E-state index in [1.54, 1.807) is 0 Å². The van der Waals surface area contributed by atoms with E-state index in [-0.39, 0.29) is 0 Å². The van der Waals surface area contributed by atoms with Crippen LogP contribution < -0.4 is 10.2 Å². The van der Waals surface area contributed by atoms with Crippen LogP contribution in [-0.2, 0) is 0 Å². The maximum Gasteiger partial charge on any atom is 0.0372 e. The van der Waals surface area contributed by atoms with Gasteiger partial charge in [-0.3, -0.25) is 4.90 Å². The highest BCUT2D eigenvalue weighted by molar-refractivity contribution is 5.51.